The van der Waals surface area contributed by atoms with Crippen molar-refractivity contribution in [1.29, 1.82) is 0 Å². The number of rotatable bonds is 3. The highest BCUT2D eigenvalue weighted by Crippen LogP contribution is 2.46. The molecule has 90 valence electrons. The van der Waals surface area contributed by atoms with Crippen molar-refractivity contribution in [3.8, 4) is 0 Å². The Morgan fingerprint density at radius 1 is 1.53 bits per heavy atom. The van der Waals surface area contributed by atoms with E-state index in [9.17, 15) is 4.79 Å². The van der Waals surface area contributed by atoms with E-state index in [1.165, 1.54) is 6.42 Å². The van der Waals surface area contributed by atoms with Gasteiger partial charge in [-0.1, -0.05) is 13.0 Å². The van der Waals surface area contributed by atoms with Crippen LogP contribution in [0.15, 0.2) is 24.4 Å². The van der Waals surface area contributed by atoms with Gasteiger partial charge in [0, 0.05) is 12.6 Å². The number of hydrogen-bond donors (Lipinski definition) is 0. The minimum Gasteiger partial charge on any atom is -0.298 e. The molecule has 3 rings (SSSR count). The molecular formula is C14H18N2O. The molecule has 3 heterocycles. The Labute approximate surface area is 102 Å². The molecule has 2 aliphatic heterocycles. The van der Waals surface area contributed by atoms with E-state index in [0.29, 0.717) is 24.2 Å². The number of carbonyl (C=O) groups excluding carboxylic acids is 1. The third-order valence-corrected chi connectivity index (χ3v) is 4.20. The van der Waals surface area contributed by atoms with Gasteiger partial charge in [0.2, 0.25) is 0 Å². The molecule has 0 aromatic carbocycles. The lowest BCUT2D eigenvalue weighted by Gasteiger charge is -2.26. The van der Waals surface area contributed by atoms with E-state index in [2.05, 4.69) is 16.0 Å². The highest BCUT2D eigenvalue weighted by Gasteiger charge is 2.49. The van der Waals surface area contributed by atoms with Gasteiger partial charge in [0.05, 0.1) is 17.8 Å². The Balaban J connectivity index is 1.86. The smallest absolute Gasteiger partial charge is 0.149 e. The Hall–Kier alpha value is -1.22. The van der Waals surface area contributed by atoms with E-state index in [4.69, 9.17) is 0 Å². The van der Waals surface area contributed by atoms with Crippen molar-refractivity contribution in [2.75, 3.05) is 6.54 Å². The summed E-state index contributed by atoms with van der Waals surface area (Å²) in [7, 11) is 0. The van der Waals surface area contributed by atoms with Gasteiger partial charge in [-0.25, -0.2) is 0 Å². The first-order valence-electron chi connectivity index (χ1n) is 6.50. The zero-order chi connectivity index (χ0) is 11.8. The van der Waals surface area contributed by atoms with Gasteiger partial charge in [-0.15, -0.1) is 0 Å². The number of nitrogens with zero attached hydrogens (tertiary/aromatic N) is 2. The van der Waals surface area contributed by atoms with E-state index in [1.807, 2.05) is 25.3 Å². The SMILES string of the molecule is CCC(=O)C1C2CCN1C(c1ccccn1)C2. The normalized spacial score (nSPS) is 35.1. The molecule has 0 saturated carbocycles. The van der Waals surface area contributed by atoms with E-state index in [0.717, 1.165) is 18.7 Å². The Kier molecular flexibility index (Phi) is 2.71. The van der Waals surface area contributed by atoms with Crippen LogP contribution in [0, 0.1) is 5.92 Å². The number of piperidine rings is 1. The van der Waals surface area contributed by atoms with Crippen molar-refractivity contribution < 1.29 is 4.79 Å². The minimum absolute atomic E-state index is 0.173. The standard InChI is InChI=1S/C14H18N2O/c1-2-13(17)14-10-6-8-16(14)12(9-10)11-5-3-4-7-15-11/h3-5,7,10,12,14H,2,6,8-9H2,1H3. The van der Waals surface area contributed by atoms with Crippen LogP contribution in [0.5, 0.6) is 0 Å². The number of ketones is 1. The quantitative estimate of drug-likeness (QED) is 0.798. The number of Topliss-reactive ketones (excluding diaryl/α,β-unsaturated/α-hetero) is 1. The maximum Gasteiger partial charge on any atom is 0.149 e. The predicted molar refractivity (Wildman–Crippen MR) is 65.5 cm³/mol. The predicted octanol–water partition coefficient (Wildman–Crippen LogP) is 2.20. The monoisotopic (exact) mass is 230 g/mol. The number of aromatic nitrogens is 1. The molecule has 0 amide bonds. The summed E-state index contributed by atoms with van der Waals surface area (Å²) >= 11 is 0. The third kappa shape index (κ3) is 1.69. The van der Waals surface area contributed by atoms with Crippen LogP contribution in [0.1, 0.15) is 37.9 Å². The Bertz CT molecular complexity index is 417. The number of carbonyl (C=O) groups is 1. The summed E-state index contributed by atoms with van der Waals surface area (Å²) in [5.41, 5.74) is 1.13. The van der Waals surface area contributed by atoms with Gasteiger partial charge in [0.15, 0.2) is 0 Å². The lowest BCUT2D eigenvalue weighted by Crippen LogP contribution is -2.34. The summed E-state index contributed by atoms with van der Waals surface area (Å²) in [5.74, 6) is 0.973. The van der Waals surface area contributed by atoms with Crippen molar-refractivity contribution >= 4 is 5.78 Å². The van der Waals surface area contributed by atoms with Crippen LogP contribution in [0.2, 0.25) is 0 Å². The van der Waals surface area contributed by atoms with E-state index < -0.39 is 0 Å². The summed E-state index contributed by atoms with van der Waals surface area (Å²) in [6.45, 7) is 3.03. The topological polar surface area (TPSA) is 33.2 Å². The lowest BCUT2D eigenvalue weighted by molar-refractivity contribution is -0.123. The number of hydrogen-bond acceptors (Lipinski definition) is 3. The first-order valence-corrected chi connectivity index (χ1v) is 6.50. The fourth-order valence-electron chi connectivity index (χ4n) is 3.42. The molecule has 4 atom stereocenters. The zero-order valence-corrected chi connectivity index (χ0v) is 10.2. The largest absolute Gasteiger partial charge is 0.298 e. The van der Waals surface area contributed by atoms with E-state index in [1.54, 1.807) is 0 Å². The average molecular weight is 230 g/mol. The molecule has 0 aliphatic carbocycles. The second-order valence-corrected chi connectivity index (χ2v) is 5.06. The van der Waals surface area contributed by atoms with Crippen molar-refractivity contribution in [1.82, 2.24) is 9.88 Å². The molecule has 3 heteroatoms. The van der Waals surface area contributed by atoms with Crippen LogP contribution in [0.25, 0.3) is 0 Å². The molecular weight excluding hydrogens is 212 g/mol. The van der Waals surface area contributed by atoms with Crippen LogP contribution < -0.4 is 0 Å². The second kappa shape index (κ2) is 4.22. The Morgan fingerprint density at radius 3 is 3.12 bits per heavy atom. The van der Waals surface area contributed by atoms with Crippen LogP contribution in [0.3, 0.4) is 0 Å². The maximum atomic E-state index is 12.0. The van der Waals surface area contributed by atoms with Crippen molar-refractivity contribution in [3.05, 3.63) is 30.1 Å². The molecule has 1 aromatic rings. The summed E-state index contributed by atoms with van der Waals surface area (Å²) in [6.07, 6.45) is 4.79. The molecule has 2 fully saturated rings. The van der Waals surface area contributed by atoms with Gasteiger partial charge >= 0.3 is 0 Å². The summed E-state index contributed by atoms with van der Waals surface area (Å²) in [5, 5.41) is 0. The van der Waals surface area contributed by atoms with Gasteiger partial charge in [-0.05, 0) is 37.4 Å². The highest BCUT2D eigenvalue weighted by molar-refractivity contribution is 5.84. The highest BCUT2D eigenvalue weighted by atomic mass is 16.1. The molecule has 4 unspecified atom stereocenters. The molecule has 2 saturated heterocycles. The summed E-state index contributed by atoms with van der Waals surface area (Å²) < 4.78 is 0. The Morgan fingerprint density at radius 2 is 2.41 bits per heavy atom. The van der Waals surface area contributed by atoms with Gasteiger partial charge in [0.1, 0.15) is 5.78 Å². The van der Waals surface area contributed by atoms with Crippen LogP contribution in [-0.4, -0.2) is 28.3 Å². The fourth-order valence-corrected chi connectivity index (χ4v) is 3.42. The fraction of sp³-hybridized carbons (Fsp3) is 0.571. The maximum absolute atomic E-state index is 12.0. The second-order valence-electron chi connectivity index (χ2n) is 5.06. The molecule has 2 bridgehead atoms. The van der Waals surface area contributed by atoms with Gasteiger partial charge in [-0.2, -0.15) is 0 Å². The first kappa shape index (κ1) is 10.9. The van der Waals surface area contributed by atoms with Gasteiger partial charge in [-0.3, -0.25) is 14.7 Å². The molecule has 3 nitrogen and oxygen atoms in total. The van der Waals surface area contributed by atoms with Gasteiger partial charge < -0.3 is 0 Å². The molecule has 0 radical (unpaired) electrons. The van der Waals surface area contributed by atoms with Crippen LogP contribution in [0.4, 0.5) is 0 Å². The molecule has 1 aromatic heterocycles. The van der Waals surface area contributed by atoms with Crippen LogP contribution in [-0.2, 0) is 4.79 Å². The number of fused-ring (bicyclic) bond motifs is 2. The average Bonchev–Trinajstić information content (AvgIpc) is 2.96. The third-order valence-electron chi connectivity index (χ3n) is 4.20. The van der Waals surface area contributed by atoms with Gasteiger partial charge in [0.25, 0.3) is 0 Å². The van der Waals surface area contributed by atoms with Crippen molar-refractivity contribution in [2.45, 2.75) is 38.3 Å². The molecule has 0 N–H and O–H groups in total. The minimum atomic E-state index is 0.173. The van der Waals surface area contributed by atoms with Crippen molar-refractivity contribution in [3.63, 3.8) is 0 Å². The number of pyridine rings is 1. The summed E-state index contributed by atoms with van der Waals surface area (Å²) in [6, 6.07) is 6.61. The lowest BCUT2D eigenvalue weighted by atomic mass is 9.93. The van der Waals surface area contributed by atoms with Crippen molar-refractivity contribution in [2.24, 2.45) is 5.92 Å². The molecule has 0 spiro atoms. The zero-order valence-electron chi connectivity index (χ0n) is 10.2. The van der Waals surface area contributed by atoms with E-state index >= 15 is 0 Å². The summed E-state index contributed by atoms with van der Waals surface area (Å²) in [4.78, 5) is 18.8. The molecule has 17 heavy (non-hydrogen) atoms. The molecule has 2 aliphatic rings. The van der Waals surface area contributed by atoms with Crippen LogP contribution >= 0.6 is 0 Å². The first-order chi connectivity index (χ1) is 8.31. The van der Waals surface area contributed by atoms with E-state index in [-0.39, 0.29) is 6.04 Å².